The summed E-state index contributed by atoms with van der Waals surface area (Å²) < 4.78 is 16.3. The Morgan fingerprint density at radius 1 is 1.17 bits per heavy atom. The van der Waals surface area contributed by atoms with E-state index in [0.717, 1.165) is 44.0 Å². The van der Waals surface area contributed by atoms with Gasteiger partial charge in [-0.25, -0.2) is 0 Å². The first-order valence-corrected chi connectivity index (χ1v) is 11.1. The van der Waals surface area contributed by atoms with Gasteiger partial charge < -0.3 is 18.8 Å². The van der Waals surface area contributed by atoms with E-state index in [-0.39, 0.29) is 5.91 Å². The van der Waals surface area contributed by atoms with Crippen molar-refractivity contribution in [2.24, 2.45) is 11.8 Å². The molecule has 0 N–H and O–H groups in total. The van der Waals surface area contributed by atoms with Crippen LogP contribution in [-0.2, 0) is 6.42 Å². The molecule has 5 rings (SSSR count). The Morgan fingerprint density at radius 2 is 2.07 bits per heavy atom. The molecule has 2 aromatic rings. The molecule has 2 fully saturated rings. The van der Waals surface area contributed by atoms with Gasteiger partial charge in [0.15, 0.2) is 17.3 Å². The van der Waals surface area contributed by atoms with Crippen LogP contribution in [0.2, 0.25) is 0 Å². The number of hydrogen-bond donors (Lipinski definition) is 0. The largest absolute Gasteiger partial charge is 0.459 e. The molecule has 0 spiro atoms. The number of benzene rings is 1. The Bertz CT molecular complexity index is 881. The van der Waals surface area contributed by atoms with Gasteiger partial charge in [-0.1, -0.05) is 13.0 Å². The minimum atomic E-state index is 0.0340. The Morgan fingerprint density at radius 3 is 2.93 bits per heavy atom. The molecule has 1 amide bonds. The summed E-state index contributed by atoms with van der Waals surface area (Å²) in [6.45, 7) is 6.58. The van der Waals surface area contributed by atoms with Crippen LogP contribution in [0, 0.1) is 11.8 Å². The van der Waals surface area contributed by atoms with Gasteiger partial charge in [0.25, 0.3) is 5.91 Å². The van der Waals surface area contributed by atoms with Crippen molar-refractivity contribution >= 4 is 5.91 Å². The van der Waals surface area contributed by atoms with Gasteiger partial charge >= 0.3 is 0 Å². The standard InChI is InChI=1S/C24H30N2O4/c1-17(12-18-6-7-21-23(13-18)30-16-29-21)14-25-9-2-4-19-15-26(10-8-20(19)25)24(27)22-5-3-11-28-22/h3,5-7,11,13,17,19-20H,2,4,8-10,12,14-16H2,1H3/t17?,19-,20+/m1/s1. The summed E-state index contributed by atoms with van der Waals surface area (Å²) in [6.07, 6.45) is 6.08. The molecule has 0 radical (unpaired) electrons. The molecule has 1 aromatic heterocycles. The quantitative estimate of drug-likeness (QED) is 0.750. The molecule has 30 heavy (non-hydrogen) atoms. The van der Waals surface area contributed by atoms with Gasteiger partial charge in [-0.2, -0.15) is 0 Å². The first kappa shape index (κ1) is 19.5. The van der Waals surface area contributed by atoms with Crippen LogP contribution in [0.25, 0.3) is 0 Å². The van der Waals surface area contributed by atoms with Gasteiger partial charge in [0, 0.05) is 25.7 Å². The highest BCUT2D eigenvalue weighted by Crippen LogP contribution is 2.34. The van der Waals surface area contributed by atoms with Crippen molar-refractivity contribution in [3.63, 3.8) is 0 Å². The summed E-state index contributed by atoms with van der Waals surface area (Å²) in [7, 11) is 0. The lowest BCUT2D eigenvalue weighted by Crippen LogP contribution is -2.55. The molecule has 3 atom stereocenters. The molecular weight excluding hydrogens is 380 g/mol. The normalized spacial score (nSPS) is 24.5. The van der Waals surface area contributed by atoms with Crippen molar-refractivity contribution in [2.45, 2.75) is 38.6 Å². The van der Waals surface area contributed by atoms with Crippen molar-refractivity contribution < 1.29 is 18.7 Å². The summed E-state index contributed by atoms with van der Waals surface area (Å²) in [6, 6.07) is 10.4. The average molecular weight is 411 g/mol. The molecule has 0 aliphatic carbocycles. The zero-order chi connectivity index (χ0) is 20.5. The third-order valence-electron chi connectivity index (χ3n) is 6.77. The second-order valence-electron chi connectivity index (χ2n) is 8.98. The van der Waals surface area contributed by atoms with Gasteiger partial charge in [0.1, 0.15) is 0 Å². The molecule has 160 valence electrons. The molecule has 6 heteroatoms. The monoisotopic (exact) mass is 410 g/mol. The third-order valence-corrected chi connectivity index (χ3v) is 6.77. The predicted molar refractivity (Wildman–Crippen MR) is 113 cm³/mol. The summed E-state index contributed by atoms with van der Waals surface area (Å²) in [5.74, 6) is 3.33. The SMILES string of the molecule is CC(Cc1ccc2c(c1)OCO2)CN1CCC[C@@H]2CN(C(=O)c3ccco3)CC[C@@H]21. The number of amides is 1. The number of likely N-dealkylation sites (tertiary alicyclic amines) is 2. The molecule has 3 aliphatic heterocycles. The molecule has 3 aliphatic rings. The Labute approximate surface area is 177 Å². The van der Waals surface area contributed by atoms with Crippen molar-refractivity contribution in [3.8, 4) is 11.5 Å². The first-order valence-electron chi connectivity index (χ1n) is 11.1. The smallest absolute Gasteiger partial charge is 0.289 e. The highest BCUT2D eigenvalue weighted by molar-refractivity contribution is 5.91. The van der Waals surface area contributed by atoms with Gasteiger partial charge in [0.05, 0.1) is 6.26 Å². The van der Waals surface area contributed by atoms with Crippen molar-refractivity contribution in [1.82, 2.24) is 9.80 Å². The minimum absolute atomic E-state index is 0.0340. The van der Waals surface area contributed by atoms with Gasteiger partial charge in [-0.3, -0.25) is 9.69 Å². The first-order chi connectivity index (χ1) is 14.7. The number of carbonyl (C=O) groups is 1. The Hall–Kier alpha value is -2.47. The molecular formula is C24H30N2O4. The number of furan rings is 1. The van der Waals surface area contributed by atoms with E-state index in [0.29, 0.717) is 30.4 Å². The fourth-order valence-electron chi connectivity index (χ4n) is 5.41. The second kappa shape index (κ2) is 8.34. The van der Waals surface area contributed by atoms with Gasteiger partial charge in [-0.15, -0.1) is 0 Å². The minimum Gasteiger partial charge on any atom is -0.459 e. The fraction of sp³-hybridized carbons (Fsp3) is 0.542. The van der Waals surface area contributed by atoms with E-state index in [2.05, 4.69) is 24.0 Å². The van der Waals surface area contributed by atoms with Gasteiger partial charge in [0.2, 0.25) is 6.79 Å². The van der Waals surface area contributed by atoms with Crippen LogP contribution < -0.4 is 9.47 Å². The Kier molecular flexibility index (Phi) is 5.42. The lowest BCUT2D eigenvalue weighted by Gasteiger charge is -2.47. The van der Waals surface area contributed by atoms with Gasteiger partial charge in [-0.05, 0) is 73.9 Å². The van der Waals surface area contributed by atoms with Crippen molar-refractivity contribution in [1.29, 1.82) is 0 Å². The fourth-order valence-corrected chi connectivity index (χ4v) is 5.41. The summed E-state index contributed by atoms with van der Waals surface area (Å²) >= 11 is 0. The second-order valence-corrected chi connectivity index (χ2v) is 8.98. The lowest BCUT2D eigenvalue weighted by molar-refractivity contribution is 0.0142. The highest BCUT2D eigenvalue weighted by Gasteiger charge is 2.38. The molecule has 1 unspecified atom stereocenters. The zero-order valence-corrected chi connectivity index (χ0v) is 17.6. The van der Waals surface area contributed by atoms with Crippen LogP contribution in [0.15, 0.2) is 41.0 Å². The number of hydrogen-bond acceptors (Lipinski definition) is 5. The van der Waals surface area contributed by atoms with Crippen LogP contribution >= 0.6 is 0 Å². The van der Waals surface area contributed by atoms with Crippen LogP contribution in [0.5, 0.6) is 11.5 Å². The molecule has 4 heterocycles. The molecule has 6 nitrogen and oxygen atoms in total. The Balaban J connectivity index is 1.18. The predicted octanol–water partition coefficient (Wildman–Crippen LogP) is 3.81. The summed E-state index contributed by atoms with van der Waals surface area (Å²) in [4.78, 5) is 17.3. The van der Waals surface area contributed by atoms with Crippen molar-refractivity contribution in [2.75, 3.05) is 33.0 Å². The van der Waals surface area contributed by atoms with E-state index in [1.165, 1.54) is 24.9 Å². The lowest BCUT2D eigenvalue weighted by atomic mass is 9.83. The van der Waals surface area contributed by atoms with E-state index >= 15 is 0 Å². The van der Waals surface area contributed by atoms with Crippen LogP contribution in [0.3, 0.4) is 0 Å². The molecule has 0 saturated carbocycles. The van der Waals surface area contributed by atoms with E-state index in [1.54, 1.807) is 18.4 Å². The zero-order valence-electron chi connectivity index (χ0n) is 17.6. The highest BCUT2D eigenvalue weighted by atomic mass is 16.7. The van der Waals surface area contributed by atoms with E-state index in [1.807, 2.05) is 11.0 Å². The van der Waals surface area contributed by atoms with Crippen LogP contribution in [0.4, 0.5) is 0 Å². The van der Waals surface area contributed by atoms with Crippen molar-refractivity contribution in [3.05, 3.63) is 47.9 Å². The van der Waals surface area contributed by atoms with E-state index in [4.69, 9.17) is 13.9 Å². The maximum Gasteiger partial charge on any atom is 0.289 e. The van der Waals surface area contributed by atoms with E-state index in [9.17, 15) is 4.79 Å². The third kappa shape index (κ3) is 3.93. The van der Waals surface area contributed by atoms with Crippen LogP contribution in [0.1, 0.15) is 42.3 Å². The topological polar surface area (TPSA) is 55.2 Å². The molecule has 2 saturated heterocycles. The molecule has 0 bridgehead atoms. The van der Waals surface area contributed by atoms with E-state index < -0.39 is 0 Å². The number of nitrogens with zero attached hydrogens (tertiary/aromatic N) is 2. The number of piperidine rings is 2. The summed E-state index contributed by atoms with van der Waals surface area (Å²) in [5.41, 5.74) is 1.30. The average Bonchev–Trinajstić information content (AvgIpc) is 3.45. The number of rotatable bonds is 5. The number of carbonyl (C=O) groups excluding carboxylic acids is 1. The maximum atomic E-state index is 12.7. The summed E-state index contributed by atoms with van der Waals surface area (Å²) in [5, 5.41) is 0. The number of ether oxygens (including phenoxy) is 2. The number of fused-ring (bicyclic) bond motifs is 2. The maximum absolute atomic E-state index is 12.7. The molecule has 1 aromatic carbocycles. The van der Waals surface area contributed by atoms with Crippen LogP contribution in [-0.4, -0.2) is 54.7 Å².